The summed E-state index contributed by atoms with van der Waals surface area (Å²) < 4.78 is 5.17. The summed E-state index contributed by atoms with van der Waals surface area (Å²) in [5.41, 5.74) is 2.40. The molecular weight excluding hydrogens is 384 g/mol. The molecule has 0 saturated heterocycles. The SMILES string of the molecule is CCOC(=O)C1=C(CSc2ncnc3sc4c(c23)CCC4)NC(=O)N[C@@H]1C. The smallest absolute Gasteiger partial charge is 0.337 e. The second kappa shape index (κ2) is 7.47. The number of ether oxygens (including phenoxy) is 1. The third-order valence-electron chi connectivity index (χ3n) is 4.69. The maximum Gasteiger partial charge on any atom is 0.337 e. The Kier molecular flexibility index (Phi) is 5.05. The van der Waals surface area contributed by atoms with Gasteiger partial charge in [-0.1, -0.05) is 11.8 Å². The van der Waals surface area contributed by atoms with E-state index in [1.54, 1.807) is 31.5 Å². The maximum absolute atomic E-state index is 12.4. The van der Waals surface area contributed by atoms with E-state index in [0.29, 0.717) is 17.0 Å². The van der Waals surface area contributed by atoms with Crippen LogP contribution in [0.2, 0.25) is 0 Å². The lowest BCUT2D eigenvalue weighted by Gasteiger charge is -2.26. The molecule has 2 N–H and O–H groups in total. The van der Waals surface area contributed by atoms with Crippen LogP contribution in [0.3, 0.4) is 0 Å². The number of aryl methyl sites for hydroxylation is 2. The first-order chi connectivity index (χ1) is 13.1. The van der Waals surface area contributed by atoms with Gasteiger partial charge < -0.3 is 15.4 Å². The van der Waals surface area contributed by atoms with Crippen molar-refractivity contribution in [3.05, 3.63) is 28.0 Å². The van der Waals surface area contributed by atoms with Gasteiger partial charge in [-0.2, -0.15) is 0 Å². The standard InChI is InChI=1S/C18H20N4O3S2/c1-3-25-17(23)13-9(2)21-18(24)22-11(13)7-26-15-14-10-5-4-6-12(10)27-16(14)20-8-19-15/h8-9H,3-7H2,1-2H3,(H2,21,22,24)/t9-/m1/s1. The fraction of sp³-hybridized carbons (Fsp3) is 0.444. The third kappa shape index (κ3) is 3.41. The van der Waals surface area contributed by atoms with Crippen LogP contribution in [0.25, 0.3) is 10.2 Å². The molecule has 4 rings (SSSR count). The van der Waals surface area contributed by atoms with Crippen LogP contribution in [0, 0.1) is 0 Å². The molecule has 2 amide bonds. The lowest BCUT2D eigenvalue weighted by Crippen LogP contribution is -2.49. The van der Waals surface area contributed by atoms with Crippen molar-refractivity contribution in [1.29, 1.82) is 0 Å². The summed E-state index contributed by atoms with van der Waals surface area (Å²) in [5, 5.41) is 7.51. The molecule has 0 saturated carbocycles. The highest BCUT2D eigenvalue weighted by molar-refractivity contribution is 7.99. The number of fused-ring (bicyclic) bond motifs is 3. The number of thiophene rings is 1. The first-order valence-electron chi connectivity index (χ1n) is 8.94. The van der Waals surface area contributed by atoms with E-state index < -0.39 is 12.0 Å². The number of nitrogens with zero attached hydrogens (tertiary/aromatic N) is 2. The molecular formula is C18H20N4O3S2. The predicted molar refractivity (Wildman–Crippen MR) is 105 cm³/mol. The predicted octanol–water partition coefficient (Wildman–Crippen LogP) is 2.79. The third-order valence-corrected chi connectivity index (χ3v) is 6.90. The molecule has 2 aliphatic rings. The number of hydrogen-bond acceptors (Lipinski definition) is 7. The highest BCUT2D eigenvalue weighted by Gasteiger charge is 2.30. The van der Waals surface area contributed by atoms with E-state index in [1.165, 1.54) is 28.6 Å². The Hall–Kier alpha value is -2.13. The van der Waals surface area contributed by atoms with Crippen molar-refractivity contribution in [1.82, 2.24) is 20.6 Å². The molecule has 7 nitrogen and oxygen atoms in total. The highest BCUT2D eigenvalue weighted by Crippen LogP contribution is 2.40. The Labute approximate surface area is 165 Å². The summed E-state index contributed by atoms with van der Waals surface area (Å²) in [6.45, 7) is 3.84. The lowest BCUT2D eigenvalue weighted by molar-refractivity contribution is -0.138. The minimum atomic E-state index is -0.405. The largest absolute Gasteiger partial charge is 0.463 e. The first-order valence-corrected chi connectivity index (χ1v) is 10.7. The van der Waals surface area contributed by atoms with Crippen molar-refractivity contribution in [3.8, 4) is 0 Å². The molecule has 2 aromatic heterocycles. The number of nitrogens with one attached hydrogen (secondary N) is 2. The van der Waals surface area contributed by atoms with Crippen LogP contribution in [0.4, 0.5) is 4.79 Å². The molecule has 0 bridgehead atoms. The van der Waals surface area contributed by atoms with Gasteiger partial charge in [0.15, 0.2) is 0 Å². The van der Waals surface area contributed by atoms with Gasteiger partial charge in [-0.3, -0.25) is 0 Å². The van der Waals surface area contributed by atoms with Crippen molar-refractivity contribution in [3.63, 3.8) is 0 Å². The first kappa shape index (κ1) is 18.2. The summed E-state index contributed by atoms with van der Waals surface area (Å²) in [6, 6.07) is -0.709. The van der Waals surface area contributed by atoms with E-state index in [-0.39, 0.29) is 12.6 Å². The zero-order valence-corrected chi connectivity index (χ0v) is 16.8. The Morgan fingerprint density at radius 1 is 1.41 bits per heavy atom. The normalized spacial score (nSPS) is 19.0. The van der Waals surface area contributed by atoms with Gasteiger partial charge >= 0.3 is 12.0 Å². The fourth-order valence-electron chi connectivity index (χ4n) is 3.54. The van der Waals surface area contributed by atoms with Gasteiger partial charge in [0.05, 0.1) is 18.2 Å². The summed E-state index contributed by atoms with van der Waals surface area (Å²) in [6.07, 6.45) is 4.93. The van der Waals surface area contributed by atoms with E-state index in [9.17, 15) is 9.59 Å². The minimum Gasteiger partial charge on any atom is -0.463 e. The Morgan fingerprint density at radius 2 is 2.26 bits per heavy atom. The van der Waals surface area contributed by atoms with Gasteiger partial charge in [-0.15, -0.1) is 11.3 Å². The molecule has 1 aliphatic heterocycles. The second-order valence-electron chi connectivity index (χ2n) is 6.44. The van der Waals surface area contributed by atoms with Crippen LogP contribution in [0.5, 0.6) is 0 Å². The summed E-state index contributed by atoms with van der Waals surface area (Å²) >= 11 is 3.26. The number of aromatic nitrogens is 2. The van der Waals surface area contributed by atoms with Crippen molar-refractivity contribution in [2.45, 2.75) is 44.2 Å². The van der Waals surface area contributed by atoms with Crippen molar-refractivity contribution < 1.29 is 14.3 Å². The molecule has 9 heteroatoms. The summed E-state index contributed by atoms with van der Waals surface area (Å²) in [4.78, 5) is 35.6. The molecule has 0 aromatic carbocycles. The lowest BCUT2D eigenvalue weighted by atomic mass is 10.1. The fourth-order valence-corrected chi connectivity index (χ4v) is 5.83. The van der Waals surface area contributed by atoms with Crippen molar-refractivity contribution in [2.24, 2.45) is 0 Å². The van der Waals surface area contributed by atoms with E-state index >= 15 is 0 Å². The van der Waals surface area contributed by atoms with Gasteiger partial charge in [0.25, 0.3) is 0 Å². The highest BCUT2D eigenvalue weighted by atomic mass is 32.2. The molecule has 0 unspecified atom stereocenters. The topological polar surface area (TPSA) is 93.2 Å². The Balaban J connectivity index is 1.65. The van der Waals surface area contributed by atoms with Crippen LogP contribution in [-0.2, 0) is 22.4 Å². The van der Waals surface area contributed by atoms with Crippen LogP contribution in [0.15, 0.2) is 22.6 Å². The molecule has 0 fully saturated rings. The average molecular weight is 405 g/mol. The molecule has 3 heterocycles. The van der Waals surface area contributed by atoms with Gasteiger partial charge in [0, 0.05) is 21.7 Å². The average Bonchev–Trinajstić information content (AvgIpc) is 3.20. The molecule has 27 heavy (non-hydrogen) atoms. The van der Waals surface area contributed by atoms with Gasteiger partial charge in [0.1, 0.15) is 16.2 Å². The molecule has 0 radical (unpaired) electrons. The monoisotopic (exact) mass is 404 g/mol. The number of carbonyl (C=O) groups is 2. The van der Waals surface area contributed by atoms with E-state index in [2.05, 4.69) is 20.6 Å². The number of thioether (sulfide) groups is 1. The summed E-state index contributed by atoms with van der Waals surface area (Å²) in [7, 11) is 0. The maximum atomic E-state index is 12.4. The van der Waals surface area contributed by atoms with E-state index in [4.69, 9.17) is 4.74 Å². The van der Waals surface area contributed by atoms with Crippen LogP contribution < -0.4 is 10.6 Å². The number of urea groups is 1. The van der Waals surface area contributed by atoms with Crippen LogP contribution >= 0.6 is 23.1 Å². The molecule has 2 aromatic rings. The zero-order valence-electron chi connectivity index (χ0n) is 15.1. The molecule has 0 spiro atoms. The minimum absolute atomic E-state index is 0.289. The number of carbonyl (C=O) groups excluding carboxylic acids is 2. The van der Waals surface area contributed by atoms with E-state index in [1.807, 2.05) is 0 Å². The zero-order chi connectivity index (χ0) is 19.0. The van der Waals surface area contributed by atoms with Gasteiger partial charge in [-0.25, -0.2) is 19.6 Å². The van der Waals surface area contributed by atoms with Crippen molar-refractivity contribution in [2.75, 3.05) is 12.4 Å². The van der Waals surface area contributed by atoms with Crippen LogP contribution in [-0.4, -0.2) is 40.4 Å². The van der Waals surface area contributed by atoms with Gasteiger partial charge in [-0.05, 0) is 38.7 Å². The van der Waals surface area contributed by atoms with E-state index in [0.717, 1.165) is 28.1 Å². The van der Waals surface area contributed by atoms with Crippen molar-refractivity contribution >= 4 is 45.3 Å². The Morgan fingerprint density at radius 3 is 3.07 bits per heavy atom. The quantitative estimate of drug-likeness (QED) is 0.452. The number of amides is 2. The second-order valence-corrected chi connectivity index (χ2v) is 8.49. The van der Waals surface area contributed by atoms with Gasteiger partial charge in [0.2, 0.25) is 0 Å². The number of esters is 1. The molecule has 142 valence electrons. The Bertz CT molecular complexity index is 953. The summed E-state index contributed by atoms with van der Waals surface area (Å²) in [5.74, 6) is 0.0280. The van der Waals surface area contributed by atoms with Crippen LogP contribution in [0.1, 0.15) is 30.7 Å². The number of hydrogen-bond donors (Lipinski definition) is 2. The molecule has 1 aliphatic carbocycles. The number of rotatable bonds is 5. The molecule has 1 atom stereocenters.